The van der Waals surface area contributed by atoms with Crippen LogP contribution in [0.25, 0.3) is 22.3 Å². The fourth-order valence-corrected chi connectivity index (χ4v) is 5.23. The number of pyridine rings is 1. The zero-order chi connectivity index (χ0) is 24.7. The van der Waals surface area contributed by atoms with E-state index in [9.17, 15) is 0 Å². The van der Waals surface area contributed by atoms with Crippen molar-refractivity contribution in [2.75, 3.05) is 26.3 Å². The molecule has 0 radical (unpaired) electrons. The maximum atomic E-state index is 5.78. The van der Waals surface area contributed by atoms with Gasteiger partial charge in [0.25, 0.3) is 0 Å². The molecular formula is C31H33N3O2. The van der Waals surface area contributed by atoms with Crippen molar-refractivity contribution in [1.29, 1.82) is 0 Å². The molecule has 5 heteroatoms. The summed E-state index contributed by atoms with van der Waals surface area (Å²) in [5.41, 5.74) is 21.8. The van der Waals surface area contributed by atoms with Gasteiger partial charge in [-0.15, -0.1) is 0 Å². The Morgan fingerprint density at radius 2 is 1.19 bits per heavy atom. The molecule has 184 valence electrons. The minimum Gasteiger partial charge on any atom is -0.372 e. The Morgan fingerprint density at radius 3 is 1.72 bits per heavy atom. The number of benzene rings is 3. The third-order valence-corrected chi connectivity index (χ3v) is 6.95. The molecule has 36 heavy (non-hydrogen) atoms. The van der Waals surface area contributed by atoms with Gasteiger partial charge in [0.15, 0.2) is 0 Å². The number of nitrogens with two attached hydrogens (primary N) is 2. The highest BCUT2D eigenvalue weighted by Gasteiger charge is 2.23. The van der Waals surface area contributed by atoms with Gasteiger partial charge in [0, 0.05) is 31.0 Å². The molecule has 4 aromatic rings. The van der Waals surface area contributed by atoms with E-state index in [0.717, 1.165) is 31.6 Å². The van der Waals surface area contributed by atoms with Crippen LogP contribution in [-0.2, 0) is 22.3 Å². The second-order valence-corrected chi connectivity index (χ2v) is 9.04. The molecule has 0 unspecified atom stereocenters. The molecule has 0 aliphatic carbocycles. The lowest BCUT2D eigenvalue weighted by Gasteiger charge is -2.27. The van der Waals surface area contributed by atoms with Crippen molar-refractivity contribution in [1.82, 2.24) is 4.98 Å². The molecule has 0 saturated carbocycles. The van der Waals surface area contributed by atoms with Gasteiger partial charge < -0.3 is 20.9 Å². The molecule has 0 amide bonds. The number of hydrogen-bond acceptors (Lipinski definition) is 5. The van der Waals surface area contributed by atoms with Crippen LogP contribution in [0.15, 0.2) is 91.3 Å². The van der Waals surface area contributed by atoms with E-state index in [1.54, 1.807) is 6.20 Å². The Morgan fingerprint density at radius 1 is 0.639 bits per heavy atom. The van der Waals surface area contributed by atoms with Crippen LogP contribution >= 0.6 is 0 Å². The molecule has 4 N–H and O–H groups in total. The van der Waals surface area contributed by atoms with E-state index in [4.69, 9.17) is 20.9 Å². The van der Waals surface area contributed by atoms with Crippen molar-refractivity contribution in [2.45, 2.75) is 25.0 Å². The molecule has 1 aromatic heterocycles. The molecule has 2 aliphatic rings. The zero-order valence-corrected chi connectivity index (χ0v) is 20.5. The third kappa shape index (κ3) is 5.11. The summed E-state index contributed by atoms with van der Waals surface area (Å²) in [7, 11) is 0. The van der Waals surface area contributed by atoms with E-state index in [1.807, 2.05) is 18.3 Å². The fraction of sp³-hybridized carbons (Fsp3) is 0.258. The van der Waals surface area contributed by atoms with Crippen molar-refractivity contribution in [3.05, 3.63) is 114 Å². The number of fused-ring (bicyclic) bond motifs is 2. The number of aromatic nitrogens is 1. The predicted octanol–water partition coefficient (Wildman–Crippen LogP) is 5.25. The summed E-state index contributed by atoms with van der Waals surface area (Å²) in [6.45, 7) is 2.58. The molecule has 3 heterocycles. The molecule has 0 fully saturated rings. The number of nitrogens with zero attached hydrogens (tertiary/aromatic N) is 1. The molecular weight excluding hydrogens is 446 g/mol. The predicted molar refractivity (Wildman–Crippen MR) is 144 cm³/mol. The van der Waals surface area contributed by atoms with E-state index in [-0.39, 0.29) is 12.2 Å². The van der Waals surface area contributed by atoms with Crippen LogP contribution in [0.1, 0.15) is 34.5 Å². The van der Waals surface area contributed by atoms with Crippen molar-refractivity contribution < 1.29 is 9.47 Å². The average Bonchev–Trinajstić information content (AvgIpc) is 2.97. The van der Waals surface area contributed by atoms with Crippen LogP contribution in [0.3, 0.4) is 0 Å². The minimum absolute atomic E-state index is 0.0328. The largest absolute Gasteiger partial charge is 0.372 e. The Bertz CT molecular complexity index is 1180. The second-order valence-electron chi connectivity index (χ2n) is 9.04. The van der Waals surface area contributed by atoms with Gasteiger partial charge in [-0.2, -0.15) is 0 Å². The topological polar surface area (TPSA) is 83.4 Å². The second kappa shape index (κ2) is 11.6. The van der Waals surface area contributed by atoms with Gasteiger partial charge in [0.05, 0.1) is 25.4 Å². The maximum Gasteiger partial charge on any atom is 0.0950 e. The SMILES string of the molecule is NC[C@@H]1OCCc2c(-c3cccnc3)cccc21.NC[C@H]1OCCc2c(-c3ccccc3)cccc21. The van der Waals surface area contributed by atoms with E-state index < -0.39 is 0 Å². The van der Waals surface area contributed by atoms with Gasteiger partial charge >= 0.3 is 0 Å². The van der Waals surface area contributed by atoms with Crippen molar-refractivity contribution in [3.8, 4) is 22.3 Å². The van der Waals surface area contributed by atoms with Gasteiger partial charge in [0.2, 0.25) is 0 Å². The molecule has 0 bridgehead atoms. The van der Waals surface area contributed by atoms with Crippen molar-refractivity contribution in [3.63, 3.8) is 0 Å². The van der Waals surface area contributed by atoms with Crippen LogP contribution in [0.5, 0.6) is 0 Å². The lowest BCUT2D eigenvalue weighted by molar-refractivity contribution is 0.0486. The van der Waals surface area contributed by atoms with E-state index in [1.165, 1.54) is 38.9 Å². The van der Waals surface area contributed by atoms with Gasteiger partial charge in [-0.05, 0) is 57.9 Å². The number of hydrogen-bond donors (Lipinski definition) is 2. The smallest absolute Gasteiger partial charge is 0.0950 e. The van der Waals surface area contributed by atoms with E-state index >= 15 is 0 Å². The Balaban J connectivity index is 0.000000148. The van der Waals surface area contributed by atoms with Crippen LogP contribution in [-0.4, -0.2) is 31.3 Å². The van der Waals surface area contributed by atoms with E-state index in [2.05, 4.69) is 71.7 Å². The van der Waals surface area contributed by atoms with Crippen LogP contribution < -0.4 is 11.5 Å². The molecule has 0 saturated heterocycles. The monoisotopic (exact) mass is 479 g/mol. The fourth-order valence-electron chi connectivity index (χ4n) is 5.23. The van der Waals surface area contributed by atoms with Crippen LogP contribution in [0.2, 0.25) is 0 Å². The summed E-state index contributed by atoms with van der Waals surface area (Å²) < 4.78 is 11.4. The minimum atomic E-state index is 0.0328. The maximum absolute atomic E-state index is 5.78. The van der Waals surface area contributed by atoms with Gasteiger partial charge in [-0.25, -0.2) is 0 Å². The summed E-state index contributed by atoms with van der Waals surface area (Å²) in [5.74, 6) is 0. The lowest BCUT2D eigenvalue weighted by atomic mass is 9.89. The van der Waals surface area contributed by atoms with Gasteiger partial charge in [-0.3, -0.25) is 4.98 Å². The molecule has 2 atom stereocenters. The highest BCUT2D eigenvalue weighted by atomic mass is 16.5. The normalized spacial score (nSPS) is 18.4. The average molecular weight is 480 g/mol. The Kier molecular flexibility index (Phi) is 7.84. The summed E-state index contributed by atoms with van der Waals surface area (Å²) in [6.07, 6.45) is 5.70. The Labute approximate surface area is 213 Å². The summed E-state index contributed by atoms with van der Waals surface area (Å²) >= 11 is 0. The summed E-state index contributed by atoms with van der Waals surface area (Å²) in [6, 6.07) is 27.3. The Hall–Kier alpha value is -3.35. The summed E-state index contributed by atoms with van der Waals surface area (Å²) in [4.78, 5) is 4.19. The van der Waals surface area contributed by atoms with Crippen LogP contribution in [0.4, 0.5) is 0 Å². The standard InChI is InChI=1S/C16H17NO.C15H16N2O/c17-11-16-15-8-4-7-13(14(15)9-10-18-16)12-5-2-1-3-6-12;16-9-15-14-5-1-4-12(13(14)6-8-18-15)11-3-2-7-17-10-11/h1-8,16H,9-11,17H2;1-5,7,10,15H,6,8-9,16H2/t16-;15-/m10/s1. The van der Waals surface area contributed by atoms with Gasteiger partial charge in [-0.1, -0.05) is 72.8 Å². The van der Waals surface area contributed by atoms with Crippen LogP contribution in [0, 0.1) is 0 Å². The first-order valence-electron chi connectivity index (χ1n) is 12.6. The van der Waals surface area contributed by atoms with E-state index in [0.29, 0.717) is 13.1 Å². The first-order valence-corrected chi connectivity index (χ1v) is 12.6. The van der Waals surface area contributed by atoms with Crippen molar-refractivity contribution in [2.24, 2.45) is 11.5 Å². The first kappa shape index (κ1) is 24.3. The third-order valence-electron chi connectivity index (χ3n) is 6.95. The van der Waals surface area contributed by atoms with Gasteiger partial charge in [0.1, 0.15) is 0 Å². The number of rotatable bonds is 4. The molecule has 0 spiro atoms. The number of ether oxygens (including phenoxy) is 2. The molecule has 6 rings (SSSR count). The molecule has 2 aliphatic heterocycles. The molecule has 5 nitrogen and oxygen atoms in total. The zero-order valence-electron chi connectivity index (χ0n) is 20.5. The quantitative estimate of drug-likeness (QED) is 0.418. The first-order chi connectivity index (χ1) is 17.8. The highest BCUT2D eigenvalue weighted by molar-refractivity contribution is 5.70. The van der Waals surface area contributed by atoms with Crippen molar-refractivity contribution >= 4 is 0 Å². The lowest BCUT2D eigenvalue weighted by Crippen LogP contribution is -2.23. The highest BCUT2D eigenvalue weighted by Crippen LogP contribution is 2.35. The molecule has 3 aromatic carbocycles. The summed E-state index contributed by atoms with van der Waals surface area (Å²) in [5, 5.41) is 0.